The molecule has 5 aliphatic heterocycles. The van der Waals surface area contributed by atoms with Crippen molar-refractivity contribution in [1.29, 1.82) is 0 Å². The minimum atomic E-state index is -1.19. The Hall–Kier alpha value is -4.28. The van der Waals surface area contributed by atoms with Crippen molar-refractivity contribution in [2.75, 3.05) is 13.7 Å². The minimum absolute atomic E-state index is 0. The molecule has 1 N–H and O–H groups in total. The number of aliphatic imine (C=N–C) groups is 3. The number of esters is 2. The number of carbonyl (C=O) groups is 2. The van der Waals surface area contributed by atoms with E-state index in [0.29, 0.717) is 46.2 Å². The number of hydrogen-bond acceptors (Lipinski definition) is 9. The zero-order valence-electron chi connectivity index (χ0n) is 41.3. The first-order valence-corrected chi connectivity index (χ1v) is 24.1. The van der Waals surface area contributed by atoms with E-state index in [4.69, 9.17) is 24.5 Å². The summed E-state index contributed by atoms with van der Waals surface area (Å²) in [4.78, 5) is 42.3. The fourth-order valence-corrected chi connectivity index (χ4v) is 10.2. The van der Waals surface area contributed by atoms with Crippen molar-refractivity contribution in [3.63, 3.8) is 0 Å². The molecule has 9 nitrogen and oxygen atoms in total. The summed E-state index contributed by atoms with van der Waals surface area (Å²) in [7, 11) is 1.31. The van der Waals surface area contributed by atoms with Gasteiger partial charge in [-0.05, 0) is 123 Å². The topological polar surface area (TPSA) is 125 Å². The van der Waals surface area contributed by atoms with Crippen molar-refractivity contribution in [3.8, 4) is 0 Å². The van der Waals surface area contributed by atoms with Crippen LogP contribution in [0.4, 0.5) is 0 Å². The maximum atomic E-state index is 14.4. The molecule has 1 aliphatic carbocycles. The first-order chi connectivity index (χ1) is 30.6. The number of ether oxygens (including phenoxy) is 2. The van der Waals surface area contributed by atoms with Crippen LogP contribution in [0.2, 0.25) is 0 Å². The molecule has 2 unspecified atom stereocenters. The van der Waals surface area contributed by atoms with Gasteiger partial charge in [0.15, 0.2) is 0 Å². The van der Waals surface area contributed by atoms with Crippen LogP contribution in [-0.2, 0) is 19.1 Å². The van der Waals surface area contributed by atoms with Gasteiger partial charge in [0, 0.05) is 40.8 Å². The molecule has 344 valence electrons. The minimum Gasteiger partial charge on any atom is -0.874 e. The molecule has 8 bridgehead atoms. The SMILES string of the molecule is C=CC1=C(C)C2=NC1=CC1=NC(=CC3=C(C)C4=C([O-])[C@H](C(=O)OC)C(=C5NC(=C2)[C@@H](C)[C@@H]5CCC(=O)OC/C=C(\C)CCCC(C)CCCC(C)CCCC(C)C)C4=N3)C(CC)=C1C.[Mg+2]. The Morgan fingerprint density at radius 2 is 1.52 bits per heavy atom. The molecule has 5 heterocycles. The molecule has 0 radical (unpaired) electrons. The van der Waals surface area contributed by atoms with Gasteiger partial charge in [0.1, 0.15) is 6.61 Å². The molecule has 1 saturated heterocycles. The molecule has 6 aliphatic rings. The van der Waals surface area contributed by atoms with Crippen LogP contribution in [0.5, 0.6) is 0 Å². The van der Waals surface area contributed by atoms with E-state index in [2.05, 4.69) is 67.3 Å². The van der Waals surface area contributed by atoms with Crippen molar-refractivity contribution in [2.45, 2.75) is 146 Å². The van der Waals surface area contributed by atoms with Gasteiger partial charge in [-0.25, -0.2) is 15.0 Å². The van der Waals surface area contributed by atoms with Crippen LogP contribution in [-0.4, -0.2) is 65.8 Å². The number of allylic oxidation sites excluding steroid dienone is 12. The maximum Gasteiger partial charge on any atom is 2.00 e. The molecule has 1 fully saturated rings. The third-order valence-corrected chi connectivity index (χ3v) is 14.3. The monoisotopic (exact) mass is 894 g/mol. The fourth-order valence-electron chi connectivity index (χ4n) is 10.2. The number of fused-ring (bicyclic) bond motifs is 5. The molecule has 65 heavy (non-hydrogen) atoms. The normalized spacial score (nSPS) is 22.4. The van der Waals surface area contributed by atoms with E-state index in [0.717, 1.165) is 81.9 Å². The molecule has 5 atom stereocenters. The smallest absolute Gasteiger partial charge is 0.874 e. The standard InChI is InChI=1S/C55H74N4O5.Mg/c1-13-39-35(8)42-28-44-37(10)41(24-25-48(60)64-27-26-34(7)23-17-22-33(6)21-16-20-32(5)19-15-18-31(3)4)52(58-44)50-51(55(62)63-12)54(61)49-38(11)45(59-53(49)50)30-47-40(14-2)36(9)43(57-47)29-46(39)56-42;/h13,26,28-33,37,41,51,58,61H,1,14-25,27H2,2-12H3;/q;+2/p-1/b34-26+,44-28?,46-29?,47-30?,52-50?;/t32?,33?,37-,41-,51+;/m0./s1. The fraction of sp³-hybridized carbons (Fsp3) is 0.545. The Kier molecular flexibility index (Phi) is 18.3. The van der Waals surface area contributed by atoms with Crippen molar-refractivity contribution >= 4 is 52.1 Å². The summed E-state index contributed by atoms with van der Waals surface area (Å²) in [6.07, 6.45) is 22.5. The summed E-state index contributed by atoms with van der Waals surface area (Å²) in [5.74, 6) is -0.510. The van der Waals surface area contributed by atoms with Crippen LogP contribution in [0.3, 0.4) is 0 Å². The quantitative estimate of drug-likeness (QED) is 0.0737. The molecule has 0 aromatic heterocycles. The van der Waals surface area contributed by atoms with E-state index >= 15 is 0 Å². The summed E-state index contributed by atoms with van der Waals surface area (Å²) in [6, 6.07) is 0. The summed E-state index contributed by atoms with van der Waals surface area (Å²) < 4.78 is 11.1. The van der Waals surface area contributed by atoms with Gasteiger partial charge in [-0.3, -0.25) is 9.59 Å². The van der Waals surface area contributed by atoms with Gasteiger partial charge in [0.05, 0.1) is 47.3 Å². The van der Waals surface area contributed by atoms with Crippen LogP contribution in [0.1, 0.15) is 146 Å². The molecular weight excluding hydrogens is 821 g/mol. The van der Waals surface area contributed by atoms with Gasteiger partial charge in [0.2, 0.25) is 0 Å². The molecule has 0 aromatic carbocycles. The molecule has 0 saturated carbocycles. The Bertz CT molecular complexity index is 2300. The molecule has 0 amide bonds. The second-order valence-electron chi connectivity index (χ2n) is 19.5. The predicted octanol–water partition coefficient (Wildman–Crippen LogP) is 11.4. The Morgan fingerprint density at radius 3 is 2.17 bits per heavy atom. The molecule has 6 rings (SSSR count). The van der Waals surface area contributed by atoms with Crippen LogP contribution in [0, 0.1) is 35.5 Å². The molecule has 10 heteroatoms. The second-order valence-corrected chi connectivity index (χ2v) is 19.5. The van der Waals surface area contributed by atoms with Gasteiger partial charge in [0.25, 0.3) is 0 Å². The first-order valence-electron chi connectivity index (χ1n) is 24.1. The van der Waals surface area contributed by atoms with Gasteiger partial charge in [-0.15, -0.1) is 5.76 Å². The van der Waals surface area contributed by atoms with Crippen molar-refractivity contribution in [1.82, 2.24) is 5.32 Å². The third kappa shape index (κ3) is 11.6. The van der Waals surface area contributed by atoms with Gasteiger partial charge >= 0.3 is 35.0 Å². The Morgan fingerprint density at radius 1 is 0.877 bits per heavy atom. The maximum absolute atomic E-state index is 14.4. The van der Waals surface area contributed by atoms with Crippen molar-refractivity contribution < 1.29 is 24.2 Å². The van der Waals surface area contributed by atoms with Crippen LogP contribution in [0.25, 0.3) is 0 Å². The van der Waals surface area contributed by atoms with E-state index in [1.807, 2.05) is 44.2 Å². The van der Waals surface area contributed by atoms with Crippen LogP contribution < -0.4 is 10.4 Å². The number of nitrogens with zero attached hydrogens (tertiary/aromatic N) is 3. The van der Waals surface area contributed by atoms with Gasteiger partial charge in [-0.2, -0.15) is 0 Å². The zero-order valence-corrected chi connectivity index (χ0v) is 42.8. The summed E-state index contributed by atoms with van der Waals surface area (Å²) in [6.45, 7) is 26.1. The summed E-state index contributed by atoms with van der Waals surface area (Å²) >= 11 is 0. The van der Waals surface area contributed by atoms with E-state index in [1.54, 1.807) is 0 Å². The number of carbonyl (C=O) groups excluding carboxylic acids is 2. The Labute approximate surface area is 405 Å². The van der Waals surface area contributed by atoms with Crippen LogP contribution >= 0.6 is 0 Å². The molecule has 0 aromatic rings. The number of methoxy groups -OCH3 is 1. The second kappa shape index (κ2) is 22.9. The molecule has 0 spiro atoms. The van der Waals surface area contributed by atoms with Crippen molar-refractivity contribution in [2.24, 2.45) is 50.5 Å². The number of nitrogens with one attached hydrogen (secondary N) is 1. The van der Waals surface area contributed by atoms with E-state index in [9.17, 15) is 14.7 Å². The third-order valence-electron chi connectivity index (χ3n) is 14.3. The zero-order chi connectivity index (χ0) is 46.4. The largest absolute Gasteiger partial charge is 2.00 e. The summed E-state index contributed by atoms with van der Waals surface area (Å²) in [5.41, 5.74) is 12.8. The van der Waals surface area contributed by atoms with Crippen molar-refractivity contribution in [3.05, 3.63) is 116 Å². The van der Waals surface area contributed by atoms with E-state index in [-0.39, 0.29) is 59.6 Å². The number of rotatable bonds is 20. The molecular formula is C55H73MgN4O5+. The first kappa shape index (κ1) is 51.7. The van der Waals surface area contributed by atoms with E-state index in [1.165, 1.54) is 57.6 Å². The summed E-state index contributed by atoms with van der Waals surface area (Å²) in [5, 5.41) is 18.0. The number of hydrogen-bond donors (Lipinski definition) is 1. The average Bonchev–Trinajstić information content (AvgIpc) is 3.99. The van der Waals surface area contributed by atoms with Crippen LogP contribution in [0.15, 0.2) is 131 Å². The Balaban J connectivity index is 0.00000793. The van der Waals surface area contributed by atoms with E-state index < -0.39 is 11.9 Å². The average molecular weight is 895 g/mol. The van der Waals surface area contributed by atoms with Gasteiger partial charge in [-0.1, -0.05) is 105 Å². The predicted molar refractivity (Wildman–Crippen MR) is 265 cm³/mol. The van der Waals surface area contributed by atoms with Gasteiger partial charge < -0.3 is 19.9 Å².